The number of carboxylic acid groups (broad SMARTS) is 1. The van der Waals surface area contributed by atoms with Crippen LogP contribution in [0.25, 0.3) is 0 Å². The summed E-state index contributed by atoms with van der Waals surface area (Å²) in [5.74, 6) is -1.26. The molecule has 1 spiro atoms. The third-order valence-electron chi connectivity index (χ3n) is 9.42. The minimum Gasteiger partial charge on any atom is -0.508 e. The molecule has 1 saturated heterocycles. The Kier molecular flexibility index (Phi) is 6.05. The molecule has 1 saturated carbocycles. The number of ether oxygens (including phenoxy) is 2. The second-order valence-electron chi connectivity index (χ2n) is 11.7. The maximum absolute atomic E-state index is 13.3. The highest BCUT2D eigenvalue weighted by Gasteiger charge is 2.69. The number of hydrogen-bond donors (Lipinski definition) is 5. The molecule has 2 aliphatic carbocycles. The number of piperidine rings is 1. The van der Waals surface area contributed by atoms with Crippen LogP contribution in [0, 0.1) is 5.92 Å². The van der Waals surface area contributed by atoms with E-state index in [1.165, 1.54) is 45.1 Å². The molecule has 2 aromatic rings. The third kappa shape index (κ3) is 3.77. The number of aromatic hydroxyl groups is 1. The van der Waals surface area contributed by atoms with Gasteiger partial charge in [-0.15, -0.1) is 0 Å². The summed E-state index contributed by atoms with van der Waals surface area (Å²) in [7, 11) is 1.41. The Morgan fingerprint density at radius 1 is 1.20 bits per heavy atom. The monoisotopic (exact) mass is 550 g/mol. The fourth-order valence-corrected chi connectivity index (χ4v) is 7.04. The van der Waals surface area contributed by atoms with Gasteiger partial charge in [-0.2, -0.15) is 0 Å². The standard InChI is InChI=1S/C30H34N2O8/c1-15(27(35)31-20-8-7-18(39-3)13-19(20)28(36)37)24(34)26-30-10-11-32(14-16-4-5-16)22(29(30,2)38)12-17-6-9-21(33)25(40-26)23(17)30/h6-9,13,16,22,26,33-34,38H,4-5,10-12,14H2,1-3H3,(H,31,35)(H,36,37)/b24-15-/t22-,26+,29-,30+/m1/s1. The van der Waals surface area contributed by atoms with Gasteiger partial charge >= 0.3 is 5.97 Å². The number of likely N-dealkylation sites (tertiary alicyclic amines) is 1. The minimum absolute atomic E-state index is 0.0391. The Balaban J connectivity index is 1.39. The van der Waals surface area contributed by atoms with Crippen LogP contribution in [0.4, 0.5) is 5.69 Å². The van der Waals surface area contributed by atoms with Gasteiger partial charge in [0.15, 0.2) is 17.6 Å². The molecule has 5 N–H and O–H groups in total. The summed E-state index contributed by atoms with van der Waals surface area (Å²) in [4.78, 5) is 27.5. The maximum atomic E-state index is 13.3. The number of nitrogens with zero attached hydrogens (tertiary/aromatic N) is 1. The number of carboxylic acids is 1. The number of carbonyl (C=O) groups excluding carboxylic acids is 1. The molecule has 0 radical (unpaired) electrons. The molecule has 2 bridgehead atoms. The van der Waals surface area contributed by atoms with Crippen LogP contribution >= 0.6 is 0 Å². The number of anilines is 1. The molecular formula is C30H34N2O8. The summed E-state index contributed by atoms with van der Waals surface area (Å²) in [6.07, 6.45) is 2.28. The average molecular weight is 551 g/mol. The molecule has 2 fully saturated rings. The van der Waals surface area contributed by atoms with Crippen molar-refractivity contribution in [2.45, 2.75) is 62.7 Å². The summed E-state index contributed by atoms with van der Waals surface area (Å²) in [5, 5.41) is 46.9. The number of carbonyl (C=O) groups is 2. The molecule has 40 heavy (non-hydrogen) atoms. The molecule has 1 amide bonds. The predicted octanol–water partition coefficient (Wildman–Crippen LogP) is 3.36. The van der Waals surface area contributed by atoms with E-state index in [1.54, 1.807) is 13.0 Å². The Hall–Kier alpha value is -3.76. The molecule has 4 atom stereocenters. The number of aliphatic hydroxyl groups excluding tert-OH is 1. The van der Waals surface area contributed by atoms with Gasteiger partial charge in [-0.1, -0.05) is 6.07 Å². The molecule has 2 heterocycles. The van der Waals surface area contributed by atoms with Gasteiger partial charge in [0, 0.05) is 18.2 Å². The lowest BCUT2D eigenvalue weighted by atomic mass is 9.53. The summed E-state index contributed by atoms with van der Waals surface area (Å²) in [5.41, 5.74) is -1.01. The first kappa shape index (κ1) is 26.5. The predicted molar refractivity (Wildman–Crippen MR) is 145 cm³/mol. The molecule has 4 aliphatic rings. The van der Waals surface area contributed by atoms with E-state index in [0.29, 0.717) is 36.6 Å². The van der Waals surface area contributed by atoms with Crippen LogP contribution in [-0.4, -0.2) is 75.1 Å². The lowest BCUT2D eigenvalue weighted by molar-refractivity contribution is -0.153. The fraction of sp³-hybridized carbons (Fsp3) is 0.467. The Morgan fingerprint density at radius 3 is 2.62 bits per heavy atom. The summed E-state index contributed by atoms with van der Waals surface area (Å²) >= 11 is 0. The van der Waals surface area contributed by atoms with Crippen LogP contribution in [0.3, 0.4) is 0 Å². The molecule has 212 valence electrons. The molecule has 2 aromatic carbocycles. The van der Waals surface area contributed by atoms with Gasteiger partial charge < -0.3 is 35.2 Å². The number of phenolic OH excluding ortho intramolecular Hbond substituents is 1. The minimum atomic E-state index is -1.34. The topological polar surface area (TPSA) is 149 Å². The Labute approximate surface area is 231 Å². The number of amides is 1. The number of methoxy groups -OCH3 is 1. The van der Waals surface area contributed by atoms with Crippen LogP contribution in [0.5, 0.6) is 17.2 Å². The van der Waals surface area contributed by atoms with Gasteiger partial charge in [0.05, 0.1) is 34.9 Å². The lowest BCUT2D eigenvalue weighted by Gasteiger charge is -2.59. The van der Waals surface area contributed by atoms with Gasteiger partial charge in [-0.3, -0.25) is 9.69 Å². The van der Waals surface area contributed by atoms with Crippen molar-refractivity contribution in [2.75, 3.05) is 25.5 Å². The van der Waals surface area contributed by atoms with Crippen LogP contribution in [-0.2, 0) is 16.6 Å². The first-order valence-electron chi connectivity index (χ1n) is 13.6. The van der Waals surface area contributed by atoms with Gasteiger partial charge in [0.1, 0.15) is 11.5 Å². The molecule has 0 aromatic heterocycles. The molecule has 0 unspecified atom stereocenters. The van der Waals surface area contributed by atoms with Crippen molar-refractivity contribution in [3.63, 3.8) is 0 Å². The zero-order valence-electron chi connectivity index (χ0n) is 22.7. The zero-order valence-corrected chi connectivity index (χ0v) is 22.7. The quantitative estimate of drug-likeness (QED) is 0.258. The first-order valence-corrected chi connectivity index (χ1v) is 13.6. The number of phenols is 1. The van der Waals surface area contributed by atoms with Crippen LogP contribution < -0.4 is 14.8 Å². The van der Waals surface area contributed by atoms with Gasteiger partial charge in [0.2, 0.25) is 0 Å². The van der Waals surface area contributed by atoms with Crippen molar-refractivity contribution in [1.82, 2.24) is 4.90 Å². The Morgan fingerprint density at radius 2 is 1.95 bits per heavy atom. The highest BCUT2D eigenvalue weighted by atomic mass is 16.5. The van der Waals surface area contributed by atoms with Gasteiger partial charge in [-0.25, -0.2) is 4.79 Å². The number of hydrogen-bond acceptors (Lipinski definition) is 8. The fourth-order valence-electron chi connectivity index (χ4n) is 7.04. The van der Waals surface area contributed by atoms with E-state index >= 15 is 0 Å². The van der Waals surface area contributed by atoms with E-state index in [9.17, 15) is 30.0 Å². The molecule has 10 nitrogen and oxygen atoms in total. The van der Waals surface area contributed by atoms with Crippen molar-refractivity contribution >= 4 is 17.6 Å². The number of aromatic carboxylic acids is 1. The summed E-state index contributed by atoms with van der Waals surface area (Å²) in [6, 6.07) is 7.44. The van der Waals surface area contributed by atoms with Crippen LogP contribution in [0.1, 0.15) is 54.6 Å². The Bertz CT molecular complexity index is 1450. The van der Waals surface area contributed by atoms with Gasteiger partial charge in [-0.05, 0) is 81.8 Å². The van der Waals surface area contributed by atoms with E-state index < -0.39 is 29.0 Å². The number of fused-ring (bicyclic) bond motifs is 1. The average Bonchev–Trinajstić information content (AvgIpc) is 3.66. The normalized spacial score (nSPS) is 29.2. The van der Waals surface area contributed by atoms with Crippen molar-refractivity contribution in [2.24, 2.45) is 5.92 Å². The van der Waals surface area contributed by atoms with Crippen molar-refractivity contribution < 1.29 is 39.5 Å². The SMILES string of the molecule is COc1ccc(NC(=O)/C(C)=C(\O)[C@@H]2Oc3c(O)ccc4c3[C@@]23CCN(CC2CC2)[C@H](C4)[C@@]3(C)O)c(C(=O)O)c1. The number of benzene rings is 2. The smallest absolute Gasteiger partial charge is 0.337 e. The number of rotatable bonds is 7. The summed E-state index contributed by atoms with van der Waals surface area (Å²) < 4.78 is 11.3. The van der Waals surface area contributed by atoms with E-state index in [-0.39, 0.29) is 40.1 Å². The van der Waals surface area contributed by atoms with Crippen molar-refractivity contribution in [3.8, 4) is 17.2 Å². The van der Waals surface area contributed by atoms with Crippen molar-refractivity contribution in [3.05, 3.63) is 58.4 Å². The number of aliphatic hydroxyl groups is 2. The number of nitrogens with one attached hydrogen (secondary N) is 1. The third-order valence-corrected chi connectivity index (χ3v) is 9.42. The molecular weight excluding hydrogens is 516 g/mol. The highest BCUT2D eigenvalue weighted by Crippen LogP contribution is 2.63. The maximum Gasteiger partial charge on any atom is 0.337 e. The lowest BCUT2D eigenvalue weighted by Crippen LogP contribution is -2.73. The van der Waals surface area contributed by atoms with Crippen molar-refractivity contribution in [1.29, 1.82) is 0 Å². The highest BCUT2D eigenvalue weighted by molar-refractivity contribution is 6.07. The summed E-state index contributed by atoms with van der Waals surface area (Å²) in [6.45, 7) is 4.78. The molecule has 10 heteroatoms. The second kappa shape index (κ2) is 9.14. The molecule has 2 aliphatic heterocycles. The first-order chi connectivity index (χ1) is 19.0. The second-order valence-corrected chi connectivity index (χ2v) is 11.7. The molecule has 6 rings (SSSR count). The van der Waals surface area contributed by atoms with Crippen LogP contribution in [0.15, 0.2) is 41.7 Å². The van der Waals surface area contributed by atoms with E-state index in [0.717, 1.165) is 12.1 Å². The van der Waals surface area contributed by atoms with E-state index in [2.05, 4.69) is 10.2 Å². The van der Waals surface area contributed by atoms with Crippen LogP contribution in [0.2, 0.25) is 0 Å². The van der Waals surface area contributed by atoms with Gasteiger partial charge in [0.25, 0.3) is 5.91 Å². The van der Waals surface area contributed by atoms with E-state index in [4.69, 9.17) is 9.47 Å². The van der Waals surface area contributed by atoms with E-state index in [1.807, 2.05) is 6.07 Å². The largest absolute Gasteiger partial charge is 0.508 e. The zero-order chi connectivity index (χ0) is 28.6.